The third kappa shape index (κ3) is 6.60. The van der Waals surface area contributed by atoms with E-state index in [9.17, 15) is 9.59 Å². The van der Waals surface area contributed by atoms with E-state index in [0.717, 1.165) is 5.56 Å². The zero-order valence-corrected chi connectivity index (χ0v) is 17.7. The molecule has 0 saturated heterocycles. The second-order valence-electron chi connectivity index (χ2n) is 6.24. The lowest BCUT2D eigenvalue weighted by Gasteiger charge is -2.06. The number of hydrogen-bond acceptors (Lipinski definition) is 4. The maximum absolute atomic E-state index is 12.2. The third-order valence-corrected chi connectivity index (χ3v) is 5.53. The molecule has 1 heterocycles. The Bertz CT molecular complexity index is 992. The maximum atomic E-state index is 12.2. The Hall–Kier alpha value is -2.34. The largest absolute Gasteiger partial charge is 0.352 e. The number of pyridine rings is 1. The van der Waals surface area contributed by atoms with Gasteiger partial charge < -0.3 is 5.32 Å². The molecule has 1 amide bonds. The molecule has 0 unspecified atom stereocenters. The second-order valence-corrected chi connectivity index (χ2v) is 8.11. The summed E-state index contributed by atoms with van der Waals surface area (Å²) in [5, 5.41) is 4.83. The van der Waals surface area contributed by atoms with E-state index < -0.39 is 0 Å². The maximum Gasteiger partial charge on any atom is 0.252 e. The number of carbonyl (C=O) groups excluding carboxylic acids is 2. The van der Waals surface area contributed by atoms with Crippen LogP contribution in [0.3, 0.4) is 0 Å². The van der Waals surface area contributed by atoms with Crippen LogP contribution in [0.4, 0.5) is 0 Å². The first kappa shape index (κ1) is 21.4. The van der Waals surface area contributed by atoms with Crippen molar-refractivity contribution in [1.29, 1.82) is 0 Å². The highest BCUT2D eigenvalue weighted by molar-refractivity contribution is 7.99. The number of carbonyl (C=O) groups is 2. The van der Waals surface area contributed by atoms with Crippen LogP contribution >= 0.6 is 35.0 Å². The lowest BCUT2D eigenvalue weighted by Crippen LogP contribution is -2.25. The summed E-state index contributed by atoms with van der Waals surface area (Å²) in [6.45, 7) is 0.505. The summed E-state index contributed by atoms with van der Waals surface area (Å²) < 4.78 is 0. The van der Waals surface area contributed by atoms with Gasteiger partial charge in [0.15, 0.2) is 5.78 Å². The van der Waals surface area contributed by atoms with Gasteiger partial charge in [0, 0.05) is 28.4 Å². The van der Waals surface area contributed by atoms with E-state index in [0.29, 0.717) is 39.2 Å². The third-order valence-electron chi connectivity index (χ3n) is 4.10. The molecule has 1 N–H and O–H groups in total. The molecule has 0 atom stereocenters. The van der Waals surface area contributed by atoms with Crippen LogP contribution in [-0.4, -0.2) is 29.0 Å². The zero-order chi connectivity index (χ0) is 20.6. The van der Waals surface area contributed by atoms with Crippen molar-refractivity contribution in [3.05, 3.63) is 93.6 Å². The van der Waals surface area contributed by atoms with Gasteiger partial charge in [-0.3, -0.25) is 9.59 Å². The fourth-order valence-electron chi connectivity index (χ4n) is 2.57. The number of amides is 1. The predicted molar refractivity (Wildman–Crippen MR) is 118 cm³/mol. The van der Waals surface area contributed by atoms with E-state index in [2.05, 4.69) is 10.3 Å². The van der Waals surface area contributed by atoms with Crippen LogP contribution in [0.5, 0.6) is 0 Å². The van der Waals surface area contributed by atoms with Gasteiger partial charge in [-0.1, -0.05) is 47.1 Å². The Morgan fingerprint density at radius 3 is 2.38 bits per heavy atom. The number of rotatable bonds is 8. The van der Waals surface area contributed by atoms with Gasteiger partial charge in [0.25, 0.3) is 5.91 Å². The number of hydrogen-bond donors (Lipinski definition) is 1. The van der Waals surface area contributed by atoms with Gasteiger partial charge in [0.05, 0.1) is 16.3 Å². The van der Waals surface area contributed by atoms with Crippen LogP contribution in [0.1, 0.15) is 26.3 Å². The minimum absolute atomic E-state index is 0.00342. The number of halogens is 2. The molecule has 2 aromatic carbocycles. The fourth-order valence-corrected chi connectivity index (χ4v) is 3.65. The van der Waals surface area contributed by atoms with E-state index in [1.54, 1.807) is 36.4 Å². The number of nitrogens with one attached hydrogen (secondary N) is 1. The van der Waals surface area contributed by atoms with Crippen molar-refractivity contribution in [3.63, 3.8) is 0 Å². The van der Waals surface area contributed by atoms with Crippen LogP contribution in [0.2, 0.25) is 10.0 Å². The van der Waals surface area contributed by atoms with Crippen molar-refractivity contribution in [1.82, 2.24) is 10.3 Å². The molecule has 4 nitrogen and oxygen atoms in total. The van der Waals surface area contributed by atoms with Crippen LogP contribution in [0.25, 0.3) is 0 Å². The smallest absolute Gasteiger partial charge is 0.252 e. The van der Waals surface area contributed by atoms with E-state index >= 15 is 0 Å². The molecular weight excluding hydrogens is 427 g/mol. The summed E-state index contributed by atoms with van der Waals surface area (Å²) >= 11 is 13.1. The molecule has 0 saturated carbocycles. The first-order valence-corrected chi connectivity index (χ1v) is 10.7. The summed E-state index contributed by atoms with van der Waals surface area (Å²) in [6.07, 6.45) is 2.21. The van der Waals surface area contributed by atoms with Gasteiger partial charge in [0.2, 0.25) is 0 Å². The average Bonchev–Trinajstić information content (AvgIpc) is 2.73. The van der Waals surface area contributed by atoms with E-state index in [4.69, 9.17) is 23.2 Å². The number of benzene rings is 2. The quantitative estimate of drug-likeness (QED) is 0.376. The summed E-state index contributed by atoms with van der Waals surface area (Å²) in [5.74, 6) is 0.0735. The lowest BCUT2D eigenvalue weighted by atomic mass is 10.1. The monoisotopic (exact) mass is 444 g/mol. The Morgan fingerprint density at radius 2 is 1.69 bits per heavy atom. The van der Waals surface area contributed by atoms with E-state index in [1.807, 2.05) is 24.3 Å². The van der Waals surface area contributed by atoms with Gasteiger partial charge in [-0.15, -0.1) is 0 Å². The molecule has 0 radical (unpaired) electrons. The van der Waals surface area contributed by atoms with Gasteiger partial charge in [-0.05, 0) is 60.5 Å². The van der Waals surface area contributed by atoms with Crippen LogP contribution < -0.4 is 5.32 Å². The average molecular weight is 445 g/mol. The number of Topliss-reactive ketones (excluding diaryl/α,β-unsaturated/α-hetero) is 1. The molecule has 3 aromatic rings. The minimum atomic E-state index is -0.187. The van der Waals surface area contributed by atoms with Crippen molar-refractivity contribution in [3.8, 4) is 0 Å². The van der Waals surface area contributed by atoms with Crippen molar-refractivity contribution in [2.45, 2.75) is 11.4 Å². The molecule has 0 bridgehead atoms. The number of nitrogens with zero attached hydrogens (tertiary/aromatic N) is 1. The van der Waals surface area contributed by atoms with E-state index in [-0.39, 0.29) is 17.4 Å². The van der Waals surface area contributed by atoms with Crippen LogP contribution in [-0.2, 0) is 6.42 Å². The Morgan fingerprint density at radius 1 is 0.931 bits per heavy atom. The van der Waals surface area contributed by atoms with Crippen molar-refractivity contribution in [2.24, 2.45) is 0 Å². The molecule has 0 fully saturated rings. The normalized spacial score (nSPS) is 10.6. The Kier molecular flexibility index (Phi) is 7.69. The molecule has 7 heteroatoms. The van der Waals surface area contributed by atoms with Crippen molar-refractivity contribution >= 4 is 46.7 Å². The molecule has 0 aliphatic rings. The van der Waals surface area contributed by atoms with Gasteiger partial charge in [0.1, 0.15) is 0 Å². The molecule has 29 heavy (non-hydrogen) atoms. The lowest BCUT2D eigenvalue weighted by molar-refractivity contribution is 0.0952. The first-order chi connectivity index (χ1) is 14.0. The molecule has 148 valence electrons. The van der Waals surface area contributed by atoms with Crippen LogP contribution in [0.15, 0.2) is 71.9 Å². The fraction of sp³-hybridized carbons (Fsp3) is 0.136. The molecule has 3 rings (SSSR count). The summed E-state index contributed by atoms with van der Waals surface area (Å²) in [6, 6.07) is 17.8. The van der Waals surface area contributed by atoms with Crippen molar-refractivity contribution in [2.75, 3.05) is 12.3 Å². The predicted octanol–water partition coefficient (Wildman–Crippen LogP) is 5.34. The zero-order valence-electron chi connectivity index (χ0n) is 15.4. The molecular formula is C22H18Cl2N2O2S. The highest BCUT2D eigenvalue weighted by Crippen LogP contribution is 2.18. The first-order valence-electron chi connectivity index (χ1n) is 8.91. The summed E-state index contributed by atoms with van der Waals surface area (Å²) in [7, 11) is 0. The van der Waals surface area contributed by atoms with Gasteiger partial charge in [-0.25, -0.2) is 4.98 Å². The minimum Gasteiger partial charge on any atom is -0.352 e. The SMILES string of the molecule is O=C(CSc1ccc(C(=O)NCCc2cccc(Cl)c2)cn1)c1ccc(Cl)cc1. The topological polar surface area (TPSA) is 59.1 Å². The van der Waals surface area contributed by atoms with Crippen molar-refractivity contribution < 1.29 is 9.59 Å². The highest BCUT2D eigenvalue weighted by atomic mass is 35.5. The molecule has 0 aliphatic carbocycles. The van der Waals surface area contributed by atoms with E-state index in [1.165, 1.54) is 18.0 Å². The highest BCUT2D eigenvalue weighted by Gasteiger charge is 2.09. The standard InChI is InChI=1S/C22H18Cl2N2O2S/c23-18-7-4-16(5-8-18)20(27)14-29-21-9-6-17(13-26-21)22(28)25-11-10-15-2-1-3-19(24)12-15/h1-9,12-13H,10-11,14H2,(H,25,28). The number of aromatic nitrogens is 1. The molecule has 1 aromatic heterocycles. The van der Waals surface area contributed by atoms with Crippen LogP contribution in [0, 0.1) is 0 Å². The molecule has 0 spiro atoms. The summed E-state index contributed by atoms with van der Waals surface area (Å²) in [5.41, 5.74) is 2.15. The molecule has 0 aliphatic heterocycles. The second kappa shape index (κ2) is 10.4. The number of thioether (sulfide) groups is 1. The Balaban J connectivity index is 1.47. The number of ketones is 1. The Labute approximate surface area is 183 Å². The van der Waals surface area contributed by atoms with Gasteiger partial charge in [-0.2, -0.15) is 0 Å². The summed E-state index contributed by atoms with van der Waals surface area (Å²) in [4.78, 5) is 28.7. The van der Waals surface area contributed by atoms with Gasteiger partial charge >= 0.3 is 0 Å².